The standard InChI is InChI=1S/C33H34FN3O3S/c1-32(2,3)25-9-15-29(16-10-25)41(39,40)36-18-17-26-19-30-24(21-35-37(30)28-13-11-27(34)12-14-28)20-33(26,22-36)31(38)23-7-5-4-6-8-23/h4-16,19,21,31,38H,17-18,20,22H2,1-3H3/t31?,33-/m0/s1. The van der Waals surface area contributed by atoms with Crippen molar-refractivity contribution in [2.24, 2.45) is 5.41 Å². The highest BCUT2D eigenvalue weighted by Crippen LogP contribution is 2.52. The average Bonchev–Trinajstić information content (AvgIpc) is 3.37. The fourth-order valence-electron chi connectivity index (χ4n) is 6.14. The number of benzene rings is 3. The Hall–Kier alpha value is -3.59. The molecule has 0 amide bonds. The van der Waals surface area contributed by atoms with Crippen LogP contribution >= 0.6 is 0 Å². The fraction of sp³-hybridized carbons (Fsp3) is 0.303. The number of piperidine rings is 1. The van der Waals surface area contributed by atoms with Crippen LogP contribution in [-0.2, 0) is 21.9 Å². The zero-order chi connectivity index (χ0) is 29.0. The van der Waals surface area contributed by atoms with E-state index in [9.17, 15) is 17.9 Å². The molecule has 1 N–H and O–H groups in total. The summed E-state index contributed by atoms with van der Waals surface area (Å²) in [5.41, 5.74) is 4.34. The monoisotopic (exact) mass is 571 g/mol. The van der Waals surface area contributed by atoms with E-state index in [2.05, 4.69) is 25.9 Å². The lowest BCUT2D eigenvalue weighted by Gasteiger charge is -2.48. The molecule has 3 aromatic carbocycles. The van der Waals surface area contributed by atoms with Crippen LogP contribution in [0.2, 0.25) is 0 Å². The van der Waals surface area contributed by atoms with Gasteiger partial charge in [-0.1, -0.05) is 68.8 Å². The summed E-state index contributed by atoms with van der Waals surface area (Å²) >= 11 is 0. The highest BCUT2D eigenvalue weighted by Gasteiger charge is 2.50. The topological polar surface area (TPSA) is 75.4 Å². The molecule has 1 unspecified atom stereocenters. The van der Waals surface area contributed by atoms with Crippen LogP contribution in [0.25, 0.3) is 11.8 Å². The first-order valence-electron chi connectivity index (χ1n) is 13.9. The van der Waals surface area contributed by atoms with Crippen molar-refractivity contribution in [1.82, 2.24) is 14.1 Å². The van der Waals surface area contributed by atoms with Crippen molar-refractivity contribution in [1.29, 1.82) is 0 Å². The predicted octanol–water partition coefficient (Wildman–Crippen LogP) is 6.06. The molecule has 0 saturated carbocycles. The summed E-state index contributed by atoms with van der Waals surface area (Å²) in [5, 5.41) is 16.6. The lowest BCUT2D eigenvalue weighted by molar-refractivity contribution is 0.0217. The van der Waals surface area contributed by atoms with E-state index in [0.717, 1.165) is 33.6 Å². The molecule has 0 bridgehead atoms. The van der Waals surface area contributed by atoms with Gasteiger partial charge in [-0.2, -0.15) is 9.40 Å². The molecule has 1 aliphatic carbocycles. The van der Waals surface area contributed by atoms with Gasteiger partial charge in [-0.25, -0.2) is 17.5 Å². The minimum absolute atomic E-state index is 0.0882. The number of halogens is 1. The predicted molar refractivity (Wildman–Crippen MR) is 158 cm³/mol. The third-order valence-corrected chi connectivity index (χ3v) is 10.4. The van der Waals surface area contributed by atoms with Crippen molar-refractivity contribution in [3.63, 3.8) is 0 Å². The number of fused-ring (bicyclic) bond motifs is 2. The maximum absolute atomic E-state index is 14.0. The molecule has 6 rings (SSSR count). The van der Waals surface area contributed by atoms with Gasteiger partial charge < -0.3 is 5.11 Å². The maximum atomic E-state index is 14.0. The van der Waals surface area contributed by atoms with Gasteiger partial charge in [0.05, 0.1) is 28.6 Å². The minimum atomic E-state index is -3.81. The smallest absolute Gasteiger partial charge is 0.243 e. The number of rotatable bonds is 5. The van der Waals surface area contributed by atoms with Crippen molar-refractivity contribution in [3.05, 3.63) is 119 Å². The van der Waals surface area contributed by atoms with Crippen LogP contribution in [0.4, 0.5) is 4.39 Å². The fourth-order valence-corrected chi connectivity index (χ4v) is 7.65. The van der Waals surface area contributed by atoms with E-state index in [4.69, 9.17) is 0 Å². The van der Waals surface area contributed by atoms with Crippen LogP contribution in [0.15, 0.2) is 95.5 Å². The van der Waals surface area contributed by atoms with Gasteiger partial charge in [0.1, 0.15) is 5.82 Å². The van der Waals surface area contributed by atoms with Gasteiger partial charge in [0.25, 0.3) is 0 Å². The highest BCUT2D eigenvalue weighted by molar-refractivity contribution is 7.89. The van der Waals surface area contributed by atoms with Gasteiger partial charge in [-0.15, -0.1) is 0 Å². The number of hydrogen-bond donors (Lipinski definition) is 1. The molecule has 41 heavy (non-hydrogen) atoms. The van der Waals surface area contributed by atoms with E-state index in [1.807, 2.05) is 48.5 Å². The average molecular weight is 572 g/mol. The first kappa shape index (κ1) is 27.6. The van der Waals surface area contributed by atoms with E-state index in [1.54, 1.807) is 35.1 Å². The van der Waals surface area contributed by atoms with Crippen molar-refractivity contribution in [2.75, 3.05) is 13.1 Å². The Labute approximate surface area is 240 Å². The second kappa shape index (κ2) is 10.0. The first-order valence-corrected chi connectivity index (χ1v) is 15.3. The zero-order valence-corrected chi connectivity index (χ0v) is 24.3. The molecule has 6 nitrogen and oxygen atoms in total. The second-order valence-corrected chi connectivity index (χ2v) is 14.1. The number of aliphatic hydroxyl groups excluding tert-OH is 1. The van der Waals surface area contributed by atoms with Crippen molar-refractivity contribution in [3.8, 4) is 5.69 Å². The van der Waals surface area contributed by atoms with Gasteiger partial charge in [0.15, 0.2) is 0 Å². The number of sulfonamides is 1. The molecular formula is C33H34FN3O3S. The molecule has 0 spiro atoms. The summed E-state index contributed by atoms with van der Waals surface area (Å²) in [6.45, 7) is 6.73. The number of aromatic nitrogens is 2. The highest BCUT2D eigenvalue weighted by atomic mass is 32.2. The van der Waals surface area contributed by atoms with E-state index in [-0.39, 0.29) is 22.7 Å². The second-order valence-electron chi connectivity index (χ2n) is 12.1. The van der Waals surface area contributed by atoms with E-state index >= 15 is 0 Å². The van der Waals surface area contributed by atoms with Gasteiger partial charge in [0, 0.05) is 18.5 Å². The first-order chi connectivity index (χ1) is 19.5. The molecule has 1 aliphatic heterocycles. The van der Waals surface area contributed by atoms with E-state index in [0.29, 0.717) is 19.4 Å². The summed E-state index contributed by atoms with van der Waals surface area (Å²) in [6, 6.07) is 22.7. The normalized spacial score (nSPS) is 20.2. The Morgan fingerprint density at radius 3 is 2.32 bits per heavy atom. The molecule has 8 heteroatoms. The Morgan fingerprint density at radius 1 is 0.976 bits per heavy atom. The largest absolute Gasteiger partial charge is 0.387 e. The molecular weight excluding hydrogens is 537 g/mol. The molecule has 2 heterocycles. The van der Waals surface area contributed by atoms with Gasteiger partial charge >= 0.3 is 0 Å². The minimum Gasteiger partial charge on any atom is -0.387 e. The molecule has 1 fully saturated rings. The van der Waals surface area contributed by atoms with Crippen LogP contribution in [0.3, 0.4) is 0 Å². The van der Waals surface area contributed by atoms with Crippen molar-refractivity contribution >= 4 is 16.1 Å². The van der Waals surface area contributed by atoms with Crippen LogP contribution in [0.5, 0.6) is 0 Å². The van der Waals surface area contributed by atoms with E-state index in [1.165, 1.54) is 16.4 Å². The number of hydrogen-bond acceptors (Lipinski definition) is 4. The molecule has 212 valence electrons. The third kappa shape index (κ3) is 4.84. The van der Waals surface area contributed by atoms with Crippen molar-refractivity contribution in [2.45, 2.75) is 50.0 Å². The lowest BCUT2D eigenvalue weighted by Crippen LogP contribution is -2.52. The molecule has 1 aromatic heterocycles. The molecule has 4 aromatic rings. The summed E-state index contributed by atoms with van der Waals surface area (Å²) < 4.78 is 44.8. The summed E-state index contributed by atoms with van der Waals surface area (Å²) in [5.74, 6) is -0.320. The van der Waals surface area contributed by atoms with Crippen LogP contribution in [0.1, 0.15) is 55.7 Å². The summed E-state index contributed by atoms with van der Waals surface area (Å²) in [7, 11) is -3.81. The van der Waals surface area contributed by atoms with Gasteiger partial charge in [-0.05, 0) is 77.4 Å². The Balaban J connectivity index is 1.41. The maximum Gasteiger partial charge on any atom is 0.243 e. The Morgan fingerprint density at radius 2 is 1.66 bits per heavy atom. The molecule has 1 saturated heterocycles. The number of aliphatic hydroxyl groups is 1. The van der Waals surface area contributed by atoms with Crippen LogP contribution in [-0.4, -0.2) is 40.7 Å². The zero-order valence-electron chi connectivity index (χ0n) is 23.5. The summed E-state index contributed by atoms with van der Waals surface area (Å²) in [6.07, 6.45) is 3.77. The number of nitrogens with zero attached hydrogens (tertiary/aromatic N) is 3. The molecule has 0 radical (unpaired) electrons. The quantitative estimate of drug-likeness (QED) is 0.316. The summed E-state index contributed by atoms with van der Waals surface area (Å²) in [4.78, 5) is 0.253. The van der Waals surface area contributed by atoms with Gasteiger partial charge in [0.2, 0.25) is 10.0 Å². The Kier molecular flexibility index (Phi) is 6.76. The van der Waals surface area contributed by atoms with Gasteiger partial charge in [-0.3, -0.25) is 0 Å². The van der Waals surface area contributed by atoms with Crippen LogP contribution in [0, 0.1) is 11.2 Å². The van der Waals surface area contributed by atoms with Crippen LogP contribution < -0.4 is 0 Å². The lowest BCUT2D eigenvalue weighted by atomic mass is 9.64. The third-order valence-electron chi connectivity index (χ3n) is 8.50. The van der Waals surface area contributed by atoms with E-state index < -0.39 is 21.5 Å². The van der Waals surface area contributed by atoms with Crippen molar-refractivity contribution < 1.29 is 17.9 Å². The molecule has 2 atom stereocenters. The molecule has 2 aliphatic rings. The Bertz CT molecular complexity index is 1710. The SMILES string of the molecule is CC(C)(C)c1ccc(S(=O)(=O)N2CCC3=Cc4c(cnn4-c4ccc(F)cc4)C[C@]3(C(O)c3ccccc3)C2)cc1.